The zero-order valence-corrected chi connectivity index (χ0v) is 11.3. The largest absolute Gasteiger partial charge is 0.493 e. The molecule has 0 spiro atoms. The van der Waals surface area contributed by atoms with Crippen molar-refractivity contribution in [1.82, 2.24) is 0 Å². The first kappa shape index (κ1) is 14.6. The summed E-state index contributed by atoms with van der Waals surface area (Å²) in [4.78, 5) is 0. The van der Waals surface area contributed by atoms with Gasteiger partial charge in [0.1, 0.15) is 0 Å². The Morgan fingerprint density at radius 2 is 1.78 bits per heavy atom. The molecule has 1 unspecified atom stereocenters. The summed E-state index contributed by atoms with van der Waals surface area (Å²) in [6.45, 7) is 2.50. The van der Waals surface area contributed by atoms with Crippen molar-refractivity contribution < 1.29 is 19.3 Å². The van der Waals surface area contributed by atoms with E-state index in [4.69, 9.17) is 14.2 Å². The molecule has 102 valence electrons. The summed E-state index contributed by atoms with van der Waals surface area (Å²) >= 11 is 0. The molecule has 1 rings (SSSR count). The van der Waals surface area contributed by atoms with Gasteiger partial charge in [-0.15, -0.1) is 0 Å². The van der Waals surface area contributed by atoms with Gasteiger partial charge in [-0.05, 0) is 31.4 Å². The molecular weight excluding hydrogens is 232 g/mol. The number of benzene rings is 1. The molecule has 0 bridgehead atoms. The standard InChI is InChI=1S/C14H22O4/c1-4-11(15)7-6-10-18-14-12(16-2)8-5-9-13(14)17-3/h5,8-9,11,15H,4,6-7,10H2,1-3H3. The van der Waals surface area contributed by atoms with E-state index in [1.165, 1.54) is 0 Å². The zero-order valence-electron chi connectivity index (χ0n) is 11.3. The molecule has 0 aliphatic rings. The maximum atomic E-state index is 9.45. The van der Waals surface area contributed by atoms with Gasteiger partial charge in [0.05, 0.1) is 26.9 Å². The molecule has 1 aromatic carbocycles. The Bertz CT molecular complexity index is 329. The van der Waals surface area contributed by atoms with Crippen molar-refractivity contribution in [2.75, 3.05) is 20.8 Å². The summed E-state index contributed by atoms with van der Waals surface area (Å²) in [6.07, 6.45) is 2.08. The Morgan fingerprint density at radius 3 is 2.28 bits per heavy atom. The minimum atomic E-state index is -0.242. The van der Waals surface area contributed by atoms with Gasteiger partial charge in [0.15, 0.2) is 11.5 Å². The number of hydrogen-bond acceptors (Lipinski definition) is 4. The molecule has 0 saturated heterocycles. The second-order valence-electron chi connectivity index (χ2n) is 4.04. The average molecular weight is 254 g/mol. The van der Waals surface area contributed by atoms with E-state index in [1.807, 2.05) is 25.1 Å². The highest BCUT2D eigenvalue weighted by atomic mass is 16.5. The number of hydrogen-bond donors (Lipinski definition) is 1. The van der Waals surface area contributed by atoms with Crippen LogP contribution in [-0.4, -0.2) is 32.0 Å². The first-order valence-electron chi connectivity index (χ1n) is 6.24. The molecule has 1 atom stereocenters. The third-order valence-corrected chi connectivity index (χ3v) is 2.78. The number of rotatable bonds is 8. The number of para-hydroxylation sites is 1. The van der Waals surface area contributed by atoms with Crippen LogP contribution >= 0.6 is 0 Å². The number of aliphatic hydroxyl groups is 1. The highest BCUT2D eigenvalue weighted by Gasteiger charge is 2.11. The number of methoxy groups -OCH3 is 2. The van der Waals surface area contributed by atoms with Crippen LogP contribution in [0.4, 0.5) is 0 Å². The Balaban J connectivity index is 2.55. The van der Waals surface area contributed by atoms with Crippen LogP contribution in [0.2, 0.25) is 0 Å². The van der Waals surface area contributed by atoms with Crippen LogP contribution in [0.15, 0.2) is 18.2 Å². The Hall–Kier alpha value is -1.42. The highest BCUT2D eigenvalue weighted by Crippen LogP contribution is 2.36. The van der Waals surface area contributed by atoms with Gasteiger partial charge in [0.2, 0.25) is 5.75 Å². The van der Waals surface area contributed by atoms with Crippen LogP contribution in [0.25, 0.3) is 0 Å². The second kappa shape index (κ2) is 7.82. The number of aliphatic hydroxyl groups excluding tert-OH is 1. The fourth-order valence-corrected chi connectivity index (χ4v) is 1.66. The molecule has 4 heteroatoms. The lowest BCUT2D eigenvalue weighted by atomic mass is 10.1. The molecule has 18 heavy (non-hydrogen) atoms. The lowest BCUT2D eigenvalue weighted by Gasteiger charge is -2.14. The van der Waals surface area contributed by atoms with E-state index >= 15 is 0 Å². The predicted octanol–water partition coefficient (Wildman–Crippen LogP) is 2.63. The number of ether oxygens (including phenoxy) is 3. The predicted molar refractivity (Wildman–Crippen MR) is 70.6 cm³/mol. The van der Waals surface area contributed by atoms with Gasteiger partial charge >= 0.3 is 0 Å². The molecule has 0 aromatic heterocycles. The first-order valence-corrected chi connectivity index (χ1v) is 6.24. The van der Waals surface area contributed by atoms with Crippen molar-refractivity contribution in [2.24, 2.45) is 0 Å². The van der Waals surface area contributed by atoms with Gasteiger partial charge < -0.3 is 19.3 Å². The smallest absolute Gasteiger partial charge is 0.203 e. The van der Waals surface area contributed by atoms with Crippen molar-refractivity contribution in [3.63, 3.8) is 0 Å². The zero-order chi connectivity index (χ0) is 13.4. The van der Waals surface area contributed by atoms with Crippen molar-refractivity contribution in [1.29, 1.82) is 0 Å². The Kier molecular flexibility index (Phi) is 6.36. The van der Waals surface area contributed by atoms with Crippen LogP contribution in [0.3, 0.4) is 0 Å². The summed E-state index contributed by atoms with van der Waals surface area (Å²) in [5, 5.41) is 9.45. The van der Waals surface area contributed by atoms with E-state index < -0.39 is 0 Å². The normalized spacial score (nSPS) is 12.0. The van der Waals surface area contributed by atoms with Crippen LogP contribution in [0.1, 0.15) is 26.2 Å². The molecular formula is C14H22O4. The summed E-state index contributed by atoms with van der Waals surface area (Å²) in [5.41, 5.74) is 0. The van der Waals surface area contributed by atoms with Gasteiger partial charge in [-0.3, -0.25) is 0 Å². The van der Waals surface area contributed by atoms with E-state index in [0.29, 0.717) is 23.9 Å². The molecule has 0 amide bonds. The average Bonchev–Trinajstić information content (AvgIpc) is 2.42. The lowest BCUT2D eigenvalue weighted by molar-refractivity contribution is 0.147. The molecule has 0 fully saturated rings. The quantitative estimate of drug-likeness (QED) is 0.724. The van der Waals surface area contributed by atoms with Gasteiger partial charge in [0.25, 0.3) is 0 Å². The van der Waals surface area contributed by atoms with Gasteiger partial charge in [-0.1, -0.05) is 13.0 Å². The van der Waals surface area contributed by atoms with Gasteiger partial charge in [-0.25, -0.2) is 0 Å². The van der Waals surface area contributed by atoms with Crippen molar-refractivity contribution in [3.05, 3.63) is 18.2 Å². The molecule has 0 aliphatic heterocycles. The Labute approximate surface area is 108 Å². The maximum absolute atomic E-state index is 9.45. The molecule has 4 nitrogen and oxygen atoms in total. The summed E-state index contributed by atoms with van der Waals surface area (Å²) < 4.78 is 16.1. The lowest BCUT2D eigenvalue weighted by Crippen LogP contribution is -2.08. The summed E-state index contributed by atoms with van der Waals surface area (Å²) in [5.74, 6) is 1.93. The minimum Gasteiger partial charge on any atom is -0.493 e. The minimum absolute atomic E-state index is 0.242. The van der Waals surface area contributed by atoms with Crippen LogP contribution in [0, 0.1) is 0 Å². The molecule has 0 radical (unpaired) electrons. The van der Waals surface area contributed by atoms with E-state index in [9.17, 15) is 5.11 Å². The summed E-state index contributed by atoms with van der Waals surface area (Å²) in [7, 11) is 3.20. The fraction of sp³-hybridized carbons (Fsp3) is 0.571. The molecule has 1 N–H and O–H groups in total. The third kappa shape index (κ3) is 4.11. The maximum Gasteiger partial charge on any atom is 0.203 e. The van der Waals surface area contributed by atoms with Gasteiger partial charge in [0, 0.05) is 0 Å². The van der Waals surface area contributed by atoms with Crippen LogP contribution < -0.4 is 14.2 Å². The first-order chi connectivity index (χ1) is 8.72. The van der Waals surface area contributed by atoms with Crippen molar-refractivity contribution in [2.45, 2.75) is 32.3 Å². The van der Waals surface area contributed by atoms with Crippen LogP contribution in [0.5, 0.6) is 17.2 Å². The van der Waals surface area contributed by atoms with Gasteiger partial charge in [-0.2, -0.15) is 0 Å². The molecule has 0 aliphatic carbocycles. The third-order valence-electron chi connectivity index (χ3n) is 2.78. The van der Waals surface area contributed by atoms with Crippen molar-refractivity contribution >= 4 is 0 Å². The van der Waals surface area contributed by atoms with E-state index in [-0.39, 0.29) is 6.10 Å². The molecule has 0 heterocycles. The topological polar surface area (TPSA) is 47.9 Å². The SMILES string of the molecule is CCC(O)CCCOc1c(OC)cccc1OC. The highest BCUT2D eigenvalue weighted by molar-refractivity contribution is 5.51. The fourth-order valence-electron chi connectivity index (χ4n) is 1.66. The second-order valence-corrected chi connectivity index (χ2v) is 4.04. The molecule has 1 aromatic rings. The summed E-state index contributed by atoms with van der Waals surface area (Å²) in [6, 6.07) is 5.52. The van der Waals surface area contributed by atoms with E-state index in [2.05, 4.69) is 0 Å². The van der Waals surface area contributed by atoms with Crippen LogP contribution in [-0.2, 0) is 0 Å². The Morgan fingerprint density at radius 1 is 1.17 bits per heavy atom. The van der Waals surface area contributed by atoms with Crippen molar-refractivity contribution in [3.8, 4) is 17.2 Å². The monoisotopic (exact) mass is 254 g/mol. The molecule has 0 saturated carbocycles. The van der Waals surface area contributed by atoms with E-state index in [0.717, 1.165) is 19.3 Å². The van der Waals surface area contributed by atoms with E-state index in [1.54, 1.807) is 14.2 Å².